The molecular formula is C16H15NO4. The van der Waals surface area contributed by atoms with Crippen molar-refractivity contribution in [3.8, 4) is 5.75 Å². The van der Waals surface area contributed by atoms with Crippen molar-refractivity contribution >= 4 is 17.6 Å². The highest BCUT2D eigenvalue weighted by Crippen LogP contribution is 2.19. The van der Waals surface area contributed by atoms with E-state index in [-0.39, 0.29) is 11.7 Å². The third kappa shape index (κ3) is 3.39. The van der Waals surface area contributed by atoms with Crippen LogP contribution in [0.1, 0.15) is 26.3 Å². The lowest BCUT2D eigenvalue weighted by Crippen LogP contribution is -2.12. The summed E-state index contributed by atoms with van der Waals surface area (Å²) in [5, 5.41) is 12.3. The number of carbonyl (C=O) groups is 2. The first-order chi connectivity index (χ1) is 10.0. The van der Waals surface area contributed by atoms with Gasteiger partial charge in [-0.05, 0) is 48.9 Å². The van der Waals surface area contributed by atoms with E-state index in [1.165, 1.54) is 13.2 Å². The molecule has 0 aliphatic rings. The molecule has 2 aromatic rings. The lowest BCUT2D eigenvalue weighted by molar-refractivity contribution is 0.0600. The highest BCUT2D eigenvalue weighted by atomic mass is 16.5. The molecule has 0 aliphatic carbocycles. The fourth-order valence-electron chi connectivity index (χ4n) is 1.76. The van der Waals surface area contributed by atoms with Gasteiger partial charge in [0.05, 0.1) is 12.7 Å². The first kappa shape index (κ1) is 14.6. The predicted octanol–water partition coefficient (Wildman–Crippen LogP) is 2.74. The molecule has 0 aliphatic heterocycles. The van der Waals surface area contributed by atoms with Gasteiger partial charge < -0.3 is 15.2 Å². The van der Waals surface area contributed by atoms with Crippen molar-refractivity contribution in [1.82, 2.24) is 0 Å². The molecule has 0 radical (unpaired) electrons. The Hall–Kier alpha value is -2.82. The van der Waals surface area contributed by atoms with Gasteiger partial charge in [-0.3, -0.25) is 4.79 Å². The van der Waals surface area contributed by atoms with Crippen molar-refractivity contribution in [2.45, 2.75) is 6.92 Å². The number of phenolic OH excluding ortho intramolecular Hbond substituents is 1. The van der Waals surface area contributed by atoms with Crippen LogP contribution in [0.3, 0.4) is 0 Å². The molecular weight excluding hydrogens is 270 g/mol. The summed E-state index contributed by atoms with van der Waals surface area (Å²) in [5.41, 5.74) is 2.01. The van der Waals surface area contributed by atoms with Gasteiger partial charge in [-0.2, -0.15) is 0 Å². The molecule has 0 bridgehead atoms. The number of aryl methyl sites for hydroxylation is 1. The Kier molecular flexibility index (Phi) is 4.23. The lowest BCUT2D eigenvalue weighted by atomic mass is 10.1. The molecule has 0 heterocycles. The van der Waals surface area contributed by atoms with E-state index in [2.05, 4.69) is 10.1 Å². The number of esters is 1. The van der Waals surface area contributed by atoms with Crippen LogP contribution in [0.5, 0.6) is 5.75 Å². The summed E-state index contributed by atoms with van der Waals surface area (Å²) in [6.45, 7) is 1.75. The number of hydrogen-bond donors (Lipinski definition) is 2. The number of amides is 1. The zero-order chi connectivity index (χ0) is 15.4. The average molecular weight is 285 g/mol. The fraction of sp³-hybridized carbons (Fsp3) is 0.125. The van der Waals surface area contributed by atoms with Crippen molar-refractivity contribution in [3.05, 3.63) is 59.2 Å². The van der Waals surface area contributed by atoms with Crippen molar-refractivity contribution in [3.63, 3.8) is 0 Å². The molecule has 5 nitrogen and oxygen atoms in total. The number of anilines is 1. The van der Waals surface area contributed by atoms with Gasteiger partial charge in [-0.15, -0.1) is 0 Å². The Bertz CT molecular complexity index is 677. The SMILES string of the molecule is COC(=O)c1ccc(NC(=O)c2ccc(C)c(O)c2)cc1. The molecule has 0 aromatic heterocycles. The second-order valence-electron chi connectivity index (χ2n) is 4.52. The Balaban J connectivity index is 2.12. The fourth-order valence-corrected chi connectivity index (χ4v) is 1.76. The van der Waals surface area contributed by atoms with E-state index in [1.54, 1.807) is 43.3 Å². The minimum atomic E-state index is -0.434. The Morgan fingerprint density at radius 1 is 1.05 bits per heavy atom. The van der Waals surface area contributed by atoms with Gasteiger partial charge in [-0.1, -0.05) is 6.07 Å². The summed E-state index contributed by atoms with van der Waals surface area (Å²) >= 11 is 0. The van der Waals surface area contributed by atoms with Gasteiger partial charge in [0.15, 0.2) is 0 Å². The first-order valence-electron chi connectivity index (χ1n) is 6.30. The molecule has 5 heteroatoms. The first-order valence-corrected chi connectivity index (χ1v) is 6.30. The zero-order valence-corrected chi connectivity index (χ0v) is 11.7. The lowest BCUT2D eigenvalue weighted by Gasteiger charge is -2.07. The summed E-state index contributed by atoms with van der Waals surface area (Å²) in [6.07, 6.45) is 0. The highest BCUT2D eigenvalue weighted by Gasteiger charge is 2.09. The molecule has 2 rings (SSSR count). The number of nitrogens with one attached hydrogen (secondary N) is 1. The van der Waals surface area contributed by atoms with E-state index in [1.807, 2.05) is 0 Å². The number of hydrogen-bond acceptors (Lipinski definition) is 4. The number of methoxy groups -OCH3 is 1. The summed E-state index contributed by atoms with van der Waals surface area (Å²) in [6, 6.07) is 11.1. The van der Waals surface area contributed by atoms with Crippen molar-refractivity contribution < 1.29 is 19.4 Å². The number of benzene rings is 2. The van der Waals surface area contributed by atoms with Crippen LogP contribution >= 0.6 is 0 Å². The topological polar surface area (TPSA) is 75.6 Å². The molecule has 2 N–H and O–H groups in total. The molecule has 0 atom stereocenters. The molecule has 0 fully saturated rings. The Morgan fingerprint density at radius 2 is 1.67 bits per heavy atom. The van der Waals surface area contributed by atoms with E-state index in [0.717, 1.165) is 0 Å². The van der Waals surface area contributed by atoms with Crippen LogP contribution < -0.4 is 5.32 Å². The van der Waals surface area contributed by atoms with Crippen molar-refractivity contribution in [2.24, 2.45) is 0 Å². The number of aromatic hydroxyl groups is 1. The number of ether oxygens (including phenoxy) is 1. The average Bonchev–Trinajstić information content (AvgIpc) is 2.50. The van der Waals surface area contributed by atoms with Crippen LogP contribution in [-0.2, 0) is 4.74 Å². The predicted molar refractivity (Wildman–Crippen MR) is 78.6 cm³/mol. The van der Waals surface area contributed by atoms with E-state index < -0.39 is 5.97 Å². The molecule has 0 saturated carbocycles. The van der Waals surface area contributed by atoms with Crippen LogP contribution in [-0.4, -0.2) is 24.1 Å². The molecule has 0 unspecified atom stereocenters. The summed E-state index contributed by atoms with van der Waals surface area (Å²) in [5.74, 6) is -0.698. The smallest absolute Gasteiger partial charge is 0.337 e. The summed E-state index contributed by atoms with van der Waals surface area (Å²) < 4.78 is 4.60. The van der Waals surface area contributed by atoms with Crippen molar-refractivity contribution in [2.75, 3.05) is 12.4 Å². The number of carbonyl (C=O) groups excluding carboxylic acids is 2. The van der Waals surface area contributed by atoms with Crippen LogP contribution in [0.15, 0.2) is 42.5 Å². The van der Waals surface area contributed by atoms with Gasteiger partial charge in [0.1, 0.15) is 5.75 Å². The quantitative estimate of drug-likeness (QED) is 0.850. The molecule has 108 valence electrons. The minimum absolute atomic E-state index is 0.0729. The number of phenols is 1. The van der Waals surface area contributed by atoms with Gasteiger partial charge in [0.25, 0.3) is 5.91 Å². The second-order valence-corrected chi connectivity index (χ2v) is 4.52. The molecule has 1 amide bonds. The molecule has 0 saturated heterocycles. The van der Waals surface area contributed by atoms with Gasteiger partial charge >= 0.3 is 5.97 Å². The van der Waals surface area contributed by atoms with E-state index in [9.17, 15) is 14.7 Å². The van der Waals surface area contributed by atoms with Crippen LogP contribution in [0, 0.1) is 6.92 Å². The van der Waals surface area contributed by atoms with Gasteiger partial charge in [0.2, 0.25) is 0 Å². The third-order valence-corrected chi connectivity index (χ3v) is 3.04. The molecule has 0 spiro atoms. The Labute approximate surface area is 122 Å². The standard InChI is InChI=1S/C16H15NO4/c1-10-3-4-12(9-14(10)18)15(19)17-13-7-5-11(6-8-13)16(20)21-2/h3-9,18H,1-2H3,(H,17,19). The third-order valence-electron chi connectivity index (χ3n) is 3.04. The number of rotatable bonds is 3. The largest absolute Gasteiger partial charge is 0.508 e. The monoisotopic (exact) mass is 285 g/mol. The van der Waals surface area contributed by atoms with Crippen molar-refractivity contribution in [1.29, 1.82) is 0 Å². The van der Waals surface area contributed by atoms with Gasteiger partial charge in [0, 0.05) is 11.3 Å². The minimum Gasteiger partial charge on any atom is -0.508 e. The van der Waals surface area contributed by atoms with Crippen LogP contribution in [0.2, 0.25) is 0 Å². The normalized spacial score (nSPS) is 10.0. The highest BCUT2D eigenvalue weighted by molar-refractivity contribution is 6.04. The van der Waals surface area contributed by atoms with Crippen LogP contribution in [0.4, 0.5) is 5.69 Å². The maximum Gasteiger partial charge on any atom is 0.337 e. The summed E-state index contributed by atoms with van der Waals surface area (Å²) in [7, 11) is 1.31. The molecule has 21 heavy (non-hydrogen) atoms. The summed E-state index contributed by atoms with van der Waals surface area (Å²) in [4.78, 5) is 23.3. The zero-order valence-electron chi connectivity index (χ0n) is 11.7. The van der Waals surface area contributed by atoms with E-state index in [0.29, 0.717) is 22.4 Å². The Morgan fingerprint density at radius 3 is 2.24 bits per heavy atom. The maximum absolute atomic E-state index is 12.0. The van der Waals surface area contributed by atoms with Gasteiger partial charge in [-0.25, -0.2) is 4.79 Å². The maximum atomic E-state index is 12.0. The molecule has 2 aromatic carbocycles. The van der Waals surface area contributed by atoms with E-state index in [4.69, 9.17) is 0 Å². The van der Waals surface area contributed by atoms with E-state index >= 15 is 0 Å². The van der Waals surface area contributed by atoms with Crippen LogP contribution in [0.25, 0.3) is 0 Å². The second kappa shape index (κ2) is 6.09.